The van der Waals surface area contributed by atoms with E-state index in [9.17, 15) is 0 Å². The first kappa shape index (κ1) is 31.7. The molecule has 200 valence electrons. The van der Waals surface area contributed by atoms with E-state index < -0.39 is 0 Å². The third kappa shape index (κ3) is 6.91. The van der Waals surface area contributed by atoms with Crippen LogP contribution in [0.4, 0.5) is 0 Å². The molecule has 6 rings (SSSR count). The third-order valence-electron chi connectivity index (χ3n) is 7.29. The normalized spacial score (nSPS) is 10.4. The Bertz CT molecular complexity index is 1550. The van der Waals surface area contributed by atoms with Crippen LogP contribution in [0.15, 0.2) is 97.1 Å². The topological polar surface area (TPSA) is 0 Å². The van der Waals surface area contributed by atoms with E-state index in [1.807, 2.05) is 0 Å². The molecular weight excluding hydrogens is 576 g/mol. The molecule has 0 fully saturated rings. The molecule has 0 aliphatic rings. The van der Waals surface area contributed by atoms with Crippen molar-refractivity contribution in [2.24, 2.45) is 0 Å². The molecule has 0 saturated carbocycles. The molecule has 0 unspecified atom stereocenters. The Morgan fingerprint density at radius 3 is 1.10 bits per heavy atom. The van der Waals surface area contributed by atoms with Gasteiger partial charge in [0, 0.05) is 9.52 Å². The summed E-state index contributed by atoms with van der Waals surface area (Å²) in [6, 6.07) is 35.3. The van der Waals surface area contributed by atoms with Crippen molar-refractivity contribution < 1.29 is 26.2 Å². The quantitative estimate of drug-likeness (QED) is 0.134. The molecule has 6 aromatic rings. The number of aryl methyl sites for hydroxylation is 6. The van der Waals surface area contributed by atoms with Gasteiger partial charge in [-0.1, -0.05) is 86.6 Å². The predicted molar refractivity (Wildman–Crippen MR) is 176 cm³/mol. The summed E-state index contributed by atoms with van der Waals surface area (Å²) in [6.07, 6.45) is 0. The Balaban J connectivity index is 0.000000197. The Morgan fingerprint density at radius 1 is 0.475 bits per heavy atom. The summed E-state index contributed by atoms with van der Waals surface area (Å²) < 4.78 is 0. The van der Waals surface area contributed by atoms with E-state index in [1.165, 1.54) is 77.2 Å². The van der Waals surface area contributed by atoms with Gasteiger partial charge >= 0.3 is 26.2 Å². The van der Waals surface area contributed by atoms with Crippen molar-refractivity contribution in [2.45, 2.75) is 54.6 Å². The summed E-state index contributed by atoms with van der Waals surface area (Å²) in [5.74, 6) is 0. The second-order valence-corrected chi connectivity index (χ2v) is 11.7. The van der Waals surface area contributed by atoms with E-state index in [-0.39, 0.29) is 26.2 Å². The van der Waals surface area contributed by atoms with Crippen LogP contribution in [0.2, 0.25) is 13.1 Å². The van der Waals surface area contributed by atoms with Gasteiger partial charge in [0.25, 0.3) is 0 Å². The zero-order chi connectivity index (χ0) is 28.1. The van der Waals surface area contributed by atoms with Crippen LogP contribution in [0.1, 0.15) is 33.4 Å². The molecule has 0 spiro atoms. The van der Waals surface area contributed by atoms with Gasteiger partial charge in [0.05, 0.1) is 0 Å². The number of rotatable bonds is 2. The van der Waals surface area contributed by atoms with E-state index in [1.54, 1.807) is 0 Å². The molecular formula is C38H40SiZr. The van der Waals surface area contributed by atoms with Gasteiger partial charge in [0.2, 0.25) is 0 Å². The Kier molecular flexibility index (Phi) is 11.3. The van der Waals surface area contributed by atoms with E-state index >= 15 is 0 Å². The maximum atomic E-state index is 2.29. The monoisotopic (exact) mass is 614 g/mol. The molecule has 0 N–H and O–H groups in total. The van der Waals surface area contributed by atoms with Crippen molar-refractivity contribution in [1.29, 1.82) is 0 Å². The SMILES string of the molecule is C[Si]C.Cc1cc2c(-c3c(C)cccc3C)cccc2[cH-]1.Cc1cc2c(-c3c(C)cccc3C)cccc2[cH-]1.[Zr+2]. The summed E-state index contributed by atoms with van der Waals surface area (Å²) in [5.41, 5.74) is 13.5. The van der Waals surface area contributed by atoms with E-state index in [0.29, 0.717) is 0 Å². The van der Waals surface area contributed by atoms with E-state index in [4.69, 9.17) is 0 Å². The molecule has 6 aromatic carbocycles. The number of benzene rings is 4. The molecule has 2 heteroatoms. The van der Waals surface area contributed by atoms with Crippen LogP contribution >= 0.6 is 0 Å². The second kappa shape index (κ2) is 14.2. The average molecular weight is 616 g/mol. The molecule has 0 aliphatic heterocycles. The third-order valence-corrected chi connectivity index (χ3v) is 7.29. The van der Waals surface area contributed by atoms with Crippen molar-refractivity contribution in [3.05, 3.63) is 130 Å². The van der Waals surface area contributed by atoms with Crippen LogP contribution in [-0.4, -0.2) is 9.52 Å². The molecule has 0 atom stereocenters. The standard InChI is InChI=1S/2C18H17.C2H6Si.Zr/c2*1-12-10-15-8-5-9-16(17(15)11-12)18-13(2)6-4-7-14(18)3;1-3-2;/h2*4-11H,1-3H3;1-2H3;/q2*-1;;+2. The minimum Gasteiger partial charge on any atom is -0.165 e. The van der Waals surface area contributed by atoms with Crippen molar-refractivity contribution in [2.75, 3.05) is 0 Å². The molecule has 0 aromatic heterocycles. The zero-order valence-electron chi connectivity index (χ0n) is 25.2. The maximum absolute atomic E-state index is 2.29. The van der Waals surface area contributed by atoms with Crippen LogP contribution in [0.3, 0.4) is 0 Å². The predicted octanol–water partition coefficient (Wildman–Crippen LogP) is 11.1. The summed E-state index contributed by atoms with van der Waals surface area (Å²) in [6.45, 7) is 17.4. The Labute approximate surface area is 263 Å². The van der Waals surface area contributed by atoms with Gasteiger partial charge < -0.3 is 0 Å². The van der Waals surface area contributed by atoms with Crippen LogP contribution in [0.5, 0.6) is 0 Å². The van der Waals surface area contributed by atoms with Gasteiger partial charge in [0.1, 0.15) is 0 Å². The first-order chi connectivity index (χ1) is 18.7. The fourth-order valence-electron chi connectivity index (χ4n) is 5.68. The van der Waals surface area contributed by atoms with Gasteiger partial charge in [0.15, 0.2) is 0 Å². The van der Waals surface area contributed by atoms with E-state index in [2.05, 4.69) is 152 Å². The molecule has 0 heterocycles. The molecule has 0 bridgehead atoms. The minimum atomic E-state index is 0. The van der Waals surface area contributed by atoms with Crippen molar-refractivity contribution in [3.63, 3.8) is 0 Å². The molecule has 40 heavy (non-hydrogen) atoms. The molecule has 2 radical (unpaired) electrons. The minimum absolute atomic E-state index is 0. The van der Waals surface area contributed by atoms with Crippen molar-refractivity contribution in [1.82, 2.24) is 0 Å². The van der Waals surface area contributed by atoms with Crippen molar-refractivity contribution >= 4 is 31.1 Å². The van der Waals surface area contributed by atoms with Gasteiger partial charge in [-0.25, -0.2) is 0 Å². The van der Waals surface area contributed by atoms with E-state index in [0.717, 1.165) is 9.52 Å². The molecule has 0 saturated heterocycles. The summed E-state index contributed by atoms with van der Waals surface area (Å²) in [5, 5.41) is 5.42. The summed E-state index contributed by atoms with van der Waals surface area (Å²) in [4.78, 5) is 0. The number of hydrogen-bond acceptors (Lipinski definition) is 0. The fraction of sp³-hybridized carbons (Fsp3) is 0.211. The average Bonchev–Trinajstić information content (AvgIpc) is 3.46. The maximum Gasteiger partial charge on any atom is 2.00 e. The van der Waals surface area contributed by atoms with Crippen LogP contribution in [-0.2, 0) is 26.2 Å². The first-order valence-electron chi connectivity index (χ1n) is 13.8. The van der Waals surface area contributed by atoms with Gasteiger partial charge in [-0.3, -0.25) is 0 Å². The van der Waals surface area contributed by atoms with Crippen LogP contribution < -0.4 is 0 Å². The molecule has 0 amide bonds. The smallest absolute Gasteiger partial charge is 0.165 e. The fourth-order valence-corrected chi connectivity index (χ4v) is 5.68. The summed E-state index contributed by atoms with van der Waals surface area (Å²) in [7, 11) is 1.08. The van der Waals surface area contributed by atoms with Crippen molar-refractivity contribution in [3.8, 4) is 22.3 Å². The van der Waals surface area contributed by atoms with Gasteiger partial charge in [-0.2, -0.15) is 12.1 Å². The Morgan fingerprint density at radius 2 is 0.775 bits per heavy atom. The number of hydrogen-bond donors (Lipinski definition) is 0. The summed E-state index contributed by atoms with van der Waals surface area (Å²) >= 11 is 0. The van der Waals surface area contributed by atoms with Crippen LogP contribution in [0, 0.1) is 41.5 Å². The van der Waals surface area contributed by atoms with Crippen LogP contribution in [0.25, 0.3) is 43.8 Å². The Hall–Kier alpha value is -2.80. The molecule has 0 aliphatic carbocycles. The number of fused-ring (bicyclic) bond motifs is 2. The second-order valence-electron chi connectivity index (χ2n) is 10.7. The zero-order valence-corrected chi connectivity index (χ0v) is 28.7. The van der Waals surface area contributed by atoms with Gasteiger partial charge in [-0.05, 0) is 61.1 Å². The first-order valence-corrected chi connectivity index (χ1v) is 15.8. The van der Waals surface area contributed by atoms with Gasteiger partial charge in [-0.15, -0.1) is 69.1 Å². The largest absolute Gasteiger partial charge is 2.00 e. The molecule has 0 nitrogen and oxygen atoms in total.